The second-order valence-corrected chi connectivity index (χ2v) is 12.9. The Hall–Kier alpha value is 0.117. The van der Waals surface area contributed by atoms with Gasteiger partial charge in [-0.25, -0.2) is 4.68 Å². The van der Waals surface area contributed by atoms with Gasteiger partial charge in [0.1, 0.15) is 10.4 Å². The number of fused-ring (bicyclic) bond motifs is 1. The number of rotatable bonds is 5. The summed E-state index contributed by atoms with van der Waals surface area (Å²) in [7, 11) is -0.975. The van der Waals surface area contributed by atoms with Gasteiger partial charge in [0, 0.05) is 25.9 Å². The lowest BCUT2D eigenvalue weighted by Gasteiger charge is -2.17. The first-order valence-corrected chi connectivity index (χ1v) is 11.6. The molecule has 1 aliphatic rings. The molecule has 5 heteroatoms. The van der Waals surface area contributed by atoms with Gasteiger partial charge in [0.05, 0.1) is 0 Å². The van der Waals surface area contributed by atoms with Crippen LogP contribution in [0.2, 0.25) is 25.7 Å². The van der Waals surface area contributed by atoms with E-state index in [9.17, 15) is 0 Å². The van der Waals surface area contributed by atoms with Crippen LogP contribution in [-0.4, -0.2) is 24.5 Å². The van der Waals surface area contributed by atoms with Crippen LogP contribution in [0, 0.1) is 3.70 Å². The van der Waals surface area contributed by atoms with Gasteiger partial charge in [0.15, 0.2) is 0 Å². The molecule has 0 bridgehead atoms. The lowest BCUT2D eigenvalue weighted by Crippen LogP contribution is -2.22. The van der Waals surface area contributed by atoms with Crippen molar-refractivity contribution in [3.8, 4) is 0 Å². The lowest BCUT2D eigenvalue weighted by atomic mass is 9.98. The molecule has 1 aromatic heterocycles. The summed E-state index contributed by atoms with van der Waals surface area (Å²) in [5.41, 5.74) is 2.88. The fraction of sp³-hybridized carbons (Fsp3) is 0.769. The van der Waals surface area contributed by atoms with Crippen LogP contribution in [0.1, 0.15) is 24.1 Å². The lowest BCUT2D eigenvalue weighted by molar-refractivity contribution is 0.0759. The highest BCUT2D eigenvalue weighted by molar-refractivity contribution is 14.1. The number of halogens is 1. The molecule has 18 heavy (non-hydrogen) atoms. The summed E-state index contributed by atoms with van der Waals surface area (Å²) in [6, 6.07) is 1.23. The van der Waals surface area contributed by atoms with Crippen LogP contribution in [0.5, 0.6) is 0 Å². The number of hydrogen-bond donors (Lipinski definition) is 0. The van der Waals surface area contributed by atoms with Gasteiger partial charge >= 0.3 is 0 Å². The Bertz CT molecular complexity index is 412. The fourth-order valence-corrected chi connectivity index (χ4v) is 3.86. The predicted octanol–water partition coefficient (Wildman–Crippen LogP) is 3.68. The number of hydrogen-bond acceptors (Lipinski definition) is 2. The number of aromatic nitrogens is 2. The molecule has 0 radical (unpaired) electrons. The van der Waals surface area contributed by atoms with E-state index in [1.807, 2.05) is 0 Å². The molecule has 0 saturated heterocycles. The summed E-state index contributed by atoms with van der Waals surface area (Å²) >= 11 is 2.36. The molecule has 2 rings (SSSR count). The fourth-order valence-electron chi connectivity index (χ4n) is 2.26. The molecule has 0 amide bonds. The van der Waals surface area contributed by atoms with Crippen LogP contribution >= 0.6 is 22.6 Å². The first-order valence-electron chi connectivity index (χ1n) is 6.79. The van der Waals surface area contributed by atoms with E-state index in [0.717, 1.165) is 6.61 Å². The monoisotopic (exact) mass is 378 g/mol. The second kappa shape index (κ2) is 6.05. The van der Waals surface area contributed by atoms with Crippen molar-refractivity contribution in [3.63, 3.8) is 0 Å². The topological polar surface area (TPSA) is 27.1 Å². The molecule has 0 fully saturated rings. The smallest absolute Gasteiger partial charge is 0.139 e. The zero-order valence-corrected chi connectivity index (χ0v) is 14.8. The van der Waals surface area contributed by atoms with Crippen LogP contribution < -0.4 is 0 Å². The first kappa shape index (κ1) is 14.5. The molecule has 1 aliphatic carbocycles. The molecule has 102 valence electrons. The third-order valence-corrected chi connectivity index (χ3v) is 5.99. The SMILES string of the molecule is C[Si](C)(C)CCOCn1nc(I)c2c1CCCC2. The Labute approximate surface area is 124 Å². The minimum Gasteiger partial charge on any atom is -0.360 e. The molecule has 0 aliphatic heterocycles. The maximum atomic E-state index is 5.81. The van der Waals surface area contributed by atoms with Crippen molar-refractivity contribution in [2.24, 2.45) is 0 Å². The van der Waals surface area contributed by atoms with Crippen molar-refractivity contribution in [2.75, 3.05) is 6.61 Å². The van der Waals surface area contributed by atoms with Gasteiger partial charge in [-0.3, -0.25) is 0 Å². The van der Waals surface area contributed by atoms with Gasteiger partial charge in [0.25, 0.3) is 0 Å². The molecule has 0 spiro atoms. The van der Waals surface area contributed by atoms with Crippen LogP contribution in [0.4, 0.5) is 0 Å². The van der Waals surface area contributed by atoms with Gasteiger partial charge < -0.3 is 4.74 Å². The van der Waals surface area contributed by atoms with Crippen molar-refractivity contribution in [3.05, 3.63) is 15.0 Å². The van der Waals surface area contributed by atoms with E-state index in [-0.39, 0.29) is 0 Å². The standard InChI is InChI=1S/C13H23IN2OSi/c1-18(2,3)9-8-17-10-16-12-7-5-4-6-11(12)13(14)15-16/h4-10H2,1-3H3. The second-order valence-electron chi connectivity index (χ2n) is 6.27. The van der Waals surface area contributed by atoms with Gasteiger partial charge in [-0.2, -0.15) is 5.10 Å². The quantitative estimate of drug-likeness (QED) is 0.444. The predicted molar refractivity (Wildman–Crippen MR) is 85.7 cm³/mol. The summed E-state index contributed by atoms with van der Waals surface area (Å²) < 4.78 is 9.07. The molecule has 0 unspecified atom stereocenters. The molecular weight excluding hydrogens is 355 g/mol. The molecule has 0 N–H and O–H groups in total. The van der Waals surface area contributed by atoms with Crippen LogP contribution in [0.25, 0.3) is 0 Å². The summed E-state index contributed by atoms with van der Waals surface area (Å²) in [4.78, 5) is 0. The van der Waals surface area contributed by atoms with E-state index in [1.165, 1.54) is 46.7 Å². The highest BCUT2D eigenvalue weighted by atomic mass is 127. The maximum absolute atomic E-state index is 5.81. The third kappa shape index (κ3) is 3.80. The minimum absolute atomic E-state index is 0.635. The molecule has 0 saturated carbocycles. The van der Waals surface area contributed by atoms with Gasteiger partial charge in [0.2, 0.25) is 0 Å². The summed E-state index contributed by atoms with van der Waals surface area (Å²) in [6.45, 7) is 8.66. The van der Waals surface area contributed by atoms with Crippen LogP contribution in [0.15, 0.2) is 0 Å². The van der Waals surface area contributed by atoms with Crippen molar-refractivity contribution in [2.45, 2.75) is 58.1 Å². The summed E-state index contributed by atoms with van der Waals surface area (Å²) in [5, 5.41) is 4.62. The average molecular weight is 378 g/mol. The van der Waals surface area contributed by atoms with Gasteiger partial charge in [-0.15, -0.1) is 0 Å². The van der Waals surface area contributed by atoms with Crippen LogP contribution in [-0.2, 0) is 24.3 Å². The minimum atomic E-state index is -0.975. The highest BCUT2D eigenvalue weighted by Gasteiger charge is 2.19. The first-order chi connectivity index (χ1) is 8.47. The van der Waals surface area contributed by atoms with Crippen molar-refractivity contribution in [1.82, 2.24) is 9.78 Å². The van der Waals surface area contributed by atoms with E-state index in [1.54, 1.807) is 0 Å². The Morgan fingerprint density at radius 3 is 2.72 bits per heavy atom. The normalized spacial score (nSPS) is 15.8. The maximum Gasteiger partial charge on any atom is 0.139 e. The van der Waals surface area contributed by atoms with Crippen molar-refractivity contribution >= 4 is 30.7 Å². The van der Waals surface area contributed by atoms with Crippen molar-refractivity contribution < 1.29 is 4.74 Å². The molecular formula is C13H23IN2OSi. The molecule has 3 nitrogen and oxygen atoms in total. The molecule has 1 aromatic rings. The van der Waals surface area contributed by atoms with E-state index in [0.29, 0.717) is 6.73 Å². The molecule has 0 atom stereocenters. The largest absolute Gasteiger partial charge is 0.360 e. The van der Waals surface area contributed by atoms with E-state index < -0.39 is 8.07 Å². The highest BCUT2D eigenvalue weighted by Crippen LogP contribution is 2.25. The zero-order valence-electron chi connectivity index (χ0n) is 11.6. The zero-order chi connectivity index (χ0) is 13.2. The van der Waals surface area contributed by atoms with E-state index in [4.69, 9.17) is 4.74 Å². The Kier molecular flexibility index (Phi) is 4.88. The van der Waals surface area contributed by atoms with Gasteiger partial charge in [-0.05, 0) is 54.3 Å². The Balaban J connectivity index is 1.90. The summed E-state index contributed by atoms with van der Waals surface area (Å²) in [5.74, 6) is 0. The Morgan fingerprint density at radius 1 is 1.28 bits per heavy atom. The molecule has 1 heterocycles. The third-order valence-electron chi connectivity index (χ3n) is 3.42. The Morgan fingerprint density at radius 2 is 2.00 bits per heavy atom. The molecule has 0 aromatic carbocycles. The summed E-state index contributed by atoms with van der Waals surface area (Å²) in [6.07, 6.45) is 4.97. The van der Waals surface area contributed by atoms with E-state index >= 15 is 0 Å². The number of nitrogens with zero attached hydrogens (tertiary/aromatic N) is 2. The van der Waals surface area contributed by atoms with Gasteiger partial charge in [-0.1, -0.05) is 19.6 Å². The van der Waals surface area contributed by atoms with E-state index in [2.05, 4.69) is 52.0 Å². The average Bonchev–Trinajstić information content (AvgIpc) is 2.62. The van der Waals surface area contributed by atoms with Crippen LogP contribution in [0.3, 0.4) is 0 Å². The number of ether oxygens (including phenoxy) is 1. The van der Waals surface area contributed by atoms with Crippen molar-refractivity contribution in [1.29, 1.82) is 0 Å².